The predicted molar refractivity (Wildman–Crippen MR) is 156 cm³/mol. The van der Waals surface area contributed by atoms with Gasteiger partial charge in [0.05, 0.1) is 10.8 Å². The van der Waals surface area contributed by atoms with Gasteiger partial charge in [-0.15, -0.1) is 11.3 Å². The van der Waals surface area contributed by atoms with E-state index in [1.54, 1.807) is 41.5 Å². The Labute approximate surface area is 263 Å². The molecule has 1 aromatic rings. The quantitative estimate of drug-likeness (QED) is 0.0873. The number of nitrogens with zero attached hydrogens (tertiary/aromatic N) is 2. The SMILES string of the molecule is CC(O[C@@H]1NC(=O)[C@H]1NC(=O)/C(=N\OC(C)(C)C(=O)OCOC(=O)C(C)(C)C)c1csc(N)n1)C(=O)OCOC(=O)C(C)(C)C. The molecular weight excluding hydrogens is 618 g/mol. The lowest BCUT2D eigenvalue weighted by Crippen LogP contribution is -2.71. The third kappa shape index (κ3) is 10.7. The van der Waals surface area contributed by atoms with Gasteiger partial charge in [-0.2, -0.15) is 0 Å². The molecule has 3 atom stereocenters. The smallest absolute Gasteiger partial charge is 0.355 e. The van der Waals surface area contributed by atoms with Crippen LogP contribution in [0.1, 0.15) is 68.0 Å². The Morgan fingerprint density at radius 3 is 1.98 bits per heavy atom. The number of carbonyl (C=O) groups excluding carboxylic acids is 6. The lowest BCUT2D eigenvalue weighted by atomic mass is 9.97. The van der Waals surface area contributed by atoms with Crippen molar-refractivity contribution in [3.05, 3.63) is 11.1 Å². The van der Waals surface area contributed by atoms with E-state index in [0.29, 0.717) is 0 Å². The van der Waals surface area contributed by atoms with Gasteiger partial charge in [-0.05, 0) is 62.3 Å². The van der Waals surface area contributed by atoms with Gasteiger partial charge in [0.2, 0.25) is 25.1 Å². The van der Waals surface area contributed by atoms with Crippen LogP contribution in [0.4, 0.5) is 5.13 Å². The van der Waals surface area contributed by atoms with Crippen LogP contribution in [-0.4, -0.2) is 83.9 Å². The summed E-state index contributed by atoms with van der Waals surface area (Å²) in [5, 5.41) is 10.1. The number of thiazole rings is 1. The third-order valence-electron chi connectivity index (χ3n) is 5.67. The molecule has 1 saturated heterocycles. The summed E-state index contributed by atoms with van der Waals surface area (Å²) in [5.74, 6) is -4.63. The minimum absolute atomic E-state index is 0.0303. The first kappa shape index (κ1) is 36.9. The van der Waals surface area contributed by atoms with E-state index >= 15 is 0 Å². The molecule has 2 amide bonds. The molecule has 4 N–H and O–H groups in total. The van der Waals surface area contributed by atoms with Crippen molar-refractivity contribution in [1.82, 2.24) is 15.6 Å². The standard InChI is InChI=1S/C27H39N5O12S/c1-13(20(35)39-11-40-21(36)25(2,3)4)43-19-16(18(34)31-19)30-17(33)15(14-10-45-24(28)29-14)32-44-27(8,9)23(38)42-12-41-22(37)26(5,6)7/h10,13,16,19H,11-12H2,1-9H3,(H2,28,29)(H,30,33)(H,31,34)/b32-15-/t13?,16-,19+/m1/s1. The number of nitrogens with two attached hydrogens (primary N) is 1. The van der Waals surface area contributed by atoms with E-state index in [9.17, 15) is 28.8 Å². The van der Waals surface area contributed by atoms with Crippen molar-refractivity contribution >= 4 is 57.9 Å². The van der Waals surface area contributed by atoms with Gasteiger partial charge in [0.15, 0.2) is 29.2 Å². The predicted octanol–water partition coefficient (Wildman–Crippen LogP) is 0.750. The molecule has 0 aromatic carbocycles. The molecule has 0 spiro atoms. The zero-order valence-corrected chi connectivity index (χ0v) is 27.3. The second-order valence-electron chi connectivity index (χ2n) is 12.3. The number of rotatable bonds is 13. The number of esters is 4. The number of β-lactam (4-membered cyclic amide) rings is 1. The molecule has 250 valence electrons. The number of ether oxygens (including phenoxy) is 5. The number of oxime groups is 1. The largest absolute Gasteiger partial charge is 0.427 e. The summed E-state index contributed by atoms with van der Waals surface area (Å²) >= 11 is 0.990. The highest BCUT2D eigenvalue weighted by molar-refractivity contribution is 7.13. The molecule has 0 radical (unpaired) electrons. The molecule has 1 aliphatic heterocycles. The van der Waals surface area contributed by atoms with Gasteiger partial charge in [0.1, 0.15) is 5.69 Å². The van der Waals surface area contributed by atoms with Crippen molar-refractivity contribution in [3.8, 4) is 0 Å². The van der Waals surface area contributed by atoms with Gasteiger partial charge < -0.3 is 44.9 Å². The van der Waals surface area contributed by atoms with Crippen LogP contribution in [0.3, 0.4) is 0 Å². The van der Waals surface area contributed by atoms with E-state index in [-0.39, 0.29) is 10.8 Å². The summed E-state index contributed by atoms with van der Waals surface area (Å²) in [6, 6.07) is -1.27. The molecule has 1 unspecified atom stereocenters. The van der Waals surface area contributed by atoms with Gasteiger partial charge in [0.25, 0.3) is 5.91 Å². The summed E-state index contributed by atoms with van der Waals surface area (Å²) < 4.78 is 25.2. The maximum atomic E-state index is 13.2. The van der Waals surface area contributed by atoms with Crippen LogP contribution in [0, 0.1) is 10.8 Å². The summed E-state index contributed by atoms with van der Waals surface area (Å²) in [4.78, 5) is 83.4. The topological polar surface area (TPSA) is 233 Å². The first-order valence-electron chi connectivity index (χ1n) is 13.6. The van der Waals surface area contributed by atoms with Crippen LogP contribution in [0.5, 0.6) is 0 Å². The van der Waals surface area contributed by atoms with E-state index in [4.69, 9.17) is 34.3 Å². The van der Waals surface area contributed by atoms with Crippen LogP contribution in [0.2, 0.25) is 0 Å². The molecule has 2 heterocycles. The van der Waals surface area contributed by atoms with Crippen LogP contribution in [-0.2, 0) is 57.3 Å². The molecule has 45 heavy (non-hydrogen) atoms. The Bertz CT molecular complexity index is 1330. The van der Waals surface area contributed by atoms with Crippen molar-refractivity contribution in [2.24, 2.45) is 16.0 Å². The average Bonchev–Trinajstić information content (AvgIpc) is 3.35. The highest BCUT2D eigenvalue weighted by Crippen LogP contribution is 2.19. The Balaban J connectivity index is 2.05. The maximum Gasteiger partial charge on any atom is 0.355 e. The highest BCUT2D eigenvalue weighted by Gasteiger charge is 2.44. The molecule has 17 nitrogen and oxygen atoms in total. The van der Waals surface area contributed by atoms with Gasteiger partial charge in [-0.1, -0.05) is 5.16 Å². The fourth-order valence-corrected chi connectivity index (χ4v) is 3.44. The van der Waals surface area contributed by atoms with Crippen molar-refractivity contribution in [2.75, 3.05) is 19.3 Å². The second kappa shape index (κ2) is 14.6. The van der Waals surface area contributed by atoms with Crippen LogP contribution in [0.15, 0.2) is 10.5 Å². The molecule has 2 rings (SSSR count). The second-order valence-corrected chi connectivity index (χ2v) is 13.2. The van der Waals surface area contributed by atoms with E-state index in [1.165, 1.54) is 26.2 Å². The maximum absolute atomic E-state index is 13.2. The van der Waals surface area contributed by atoms with Gasteiger partial charge in [-0.3, -0.25) is 19.2 Å². The minimum atomic E-state index is -1.77. The summed E-state index contributed by atoms with van der Waals surface area (Å²) in [6.07, 6.45) is -2.38. The van der Waals surface area contributed by atoms with E-state index < -0.39 is 89.8 Å². The molecule has 1 aromatic heterocycles. The molecule has 1 aliphatic rings. The van der Waals surface area contributed by atoms with Crippen LogP contribution < -0.4 is 16.4 Å². The molecule has 0 saturated carbocycles. The monoisotopic (exact) mass is 657 g/mol. The molecule has 1 fully saturated rings. The Kier molecular flexibility index (Phi) is 12.0. The van der Waals surface area contributed by atoms with E-state index in [2.05, 4.69) is 20.8 Å². The number of nitrogen functional groups attached to an aromatic ring is 1. The Hall–Kier alpha value is -4.32. The van der Waals surface area contributed by atoms with Crippen LogP contribution in [0.25, 0.3) is 0 Å². The zero-order chi connectivity index (χ0) is 34.3. The first-order chi connectivity index (χ1) is 20.6. The number of carbonyl (C=O) groups is 6. The van der Waals surface area contributed by atoms with Gasteiger partial charge >= 0.3 is 23.9 Å². The number of anilines is 1. The summed E-state index contributed by atoms with van der Waals surface area (Å²) in [5.41, 5.74) is 1.85. The average molecular weight is 658 g/mol. The number of hydrogen-bond donors (Lipinski definition) is 3. The van der Waals surface area contributed by atoms with Crippen molar-refractivity contribution in [1.29, 1.82) is 0 Å². The number of hydrogen-bond acceptors (Lipinski definition) is 16. The molecule has 18 heteroatoms. The van der Waals surface area contributed by atoms with E-state index in [0.717, 1.165) is 11.3 Å². The summed E-state index contributed by atoms with van der Waals surface area (Å²) in [7, 11) is 0. The molecule has 0 bridgehead atoms. The lowest BCUT2D eigenvalue weighted by molar-refractivity contribution is -0.188. The Morgan fingerprint density at radius 1 is 0.956 bits per heavy atom. The van der Waals surface area contributed by atoms with Gasteiger partial charge in [0, 0.05) is 5.38 Å². The fourth-order valence-electron chi connectivity index (χ4n) is 2.89. The zero-order valence-electron chi connectivity index (χ0n) is 26.5. The highest BCUT2D eigenvalue weighted by atomic mass is 32.1. The van der Waals surface area contributed by atoms with Gasteiger partial charge in [-0.25, -0.2) is 14.6 Å². The first-order valence-corrected chi connectivity index (χ1v) is 14.4. The number of amides is 2. The van der Waals surface area contributed by atoms with Crippen molar-refractivity contribution in [3.63, 3.8) is 0 Å². The van der Waals surface area contributed by atoms with E-state index in [1.807, 2.05) is 0 Å². The van der Waals surface area contributed by atoms with Crippen molar-refractivity contribution < 1.29 is 57.3 Å². The number of nitrogens with one attached hydrogen (secondary N) is 2. The minimum Gasteiger partial charge on any atom is -0.427 e. The number of aromatic nitrogens is 1. The molecule has 0 aliphatic carbocycles. The Morgan fingerprint density at radius 2 is 1.49 bits per heavy atom. The van der Waals surface area contributed by atoms with Crippen molar-refractivity contribution in [2.45, 2.75) is 86.3 Å². The lowest BCUT2D eigenvalue weighted by Gasteiger charge is -2.37. The molecular formula is C27H39N5O12S. The summed E-state index contributed by atoms with van der Waals surface area (Å²) in [6.45, 7) is 12.4. The normalized spacial score (nSPS) is 17.6. The fraction of sp³-hybridized carbons (Fsp3) is 0.630. The third-order valence-corrected chi connectivity index (χ3v) is 6.35. The van der Waals surface area contributed by atoms with Crippen LogP contribution >= 0.6 is 11.3 Å².